The number of nitrogens with zero attached hydrogens (tertiary/aromatic N) is 3. The second-order valence-corrected chi connectivity index (χ2v) is 5.31. The van der Waals surface area contributed by atoms with Gasteiger partial charge in [-0.05, 0) is 32.6 Å². The smallest absolute Gasteiger partial charge is 0.334 e. The van der Waals surface area contributed by atoms with Gasteiger partial charge < -0.3 is 5.32 Å². The number of nitro groups is 1. The summed E-state index contributed by atoms with van der Waals surface area (Å²) in [7, 11) is 1.76. The van der Waals surface area contributed by atoms with Gasteiger partial charge in [-0.3, -0.25) is 10.1 Å². The SMILES string of the molecule is CCCc1nn(C)c(NC2(C)CCC2)c1[N+](=O)[O-]. The summed E-state index contributed by atoms with van der Waals surface area (Å²) in [6.45, 7) is 4.10. The molecule has 1 aromatic heterocycles. The molecule has 6 heteroatoms. The van der Waals surface area contributed by atoms with Crippen molar-refractivity contribution < 1.29 is 4.92 Å². The Morgan fingerprint density at radius 1 is 1.56 bits per heavy atom. The minimum atomic E-state index is -0.317. The second-order valence-electron chi connectivity index (χ2n) is 5.31. The Morgan fingerprint density at radius 3 is 2.67 bits per heavy atom. The number of hydrogen-bond acceptors (Lipinski definition) is 4. The van der Waals surface area contributed by atoms with Crippen molar-refractivity contribution >= 4 is 11.5 Å². The largest absolute Gasteiger partial charge is 0.359 e. The summed E-state index contributed by atoms with van der Waals surface area (Å²) in [6, 6.07) is 0. The third kappa shape index (κ3) is 2.19. The molecule has 1 N–H and O–H groups in total. The second kappa shape index (κ2) is 4.59. The zero-order chi connectivity index (χ0) is 13.3. The van der Waals surface area contributed by atoms with Crippen molar-refractivity contribution in [3.05, 3.63) is 15.8 Å². The highest BCUT2D eigenvalue weighted by Crippen LogP contribution is 2.38. The number of aromatic nitrogens is 2. The van der Waals surface area contributed by atoms with E-state index < -0.39 is 0 Å². The molecule has 1 aliphatic carbocycles. The molecule has 0 amide bonds. The molecule has 1 saturated carbocycles. The van der Waals surface area contributed by atoms with E-state index in [-0.39, 0.29) is 16.1 Å². The third-order valence-electron chi connectivity index (χ3n) is 3.64. The van der Waals surface area contributed by atoms with E-state index in [9.17, 15) is 10.1 Å². The lowest BCUT2D eigenvalue weighted by atomic mass is 9.78. The lowest BCUT2D eigenvalue weighted by Crippen LogP contribution is -2.42. The van der Waals surface area contributed by atoms with Gasteiger partial charge in [0.25, 0.3) is 0 Å². The van der Waals surface area contributed by atoms with Gasteiger partial charge in [0.2, 0.25) is 5.82 Å². The van der Waals surface area contributed by atoms with Crippen molar-refractivity contribution in [1.29, 1.82) is 0 Å². The van der Waals surface area contributed by atoms with Gasteiger partial charge in [-0.15, -0.1) is 0 Å². The molecule has 0 radical (unpaired) electrons. The molecule has 0 aromatic carbocycles. The average molecular weight is 252 g/mol. The highest BCUT2D eigenvalue weighted by molar-refractivity contribution is 5.61. The van der Waals surface area contributed by atoms with Crippen LogP contribution in [0.2, 0.25) is 0 Å². The zero-order valence-electron chi connectivity index (χ0n) is 11.2. The van der Waals surface area contributed by atoms with Crippen LogP contribution in [0.1, 0.15) is 45.2 Å². The number of rotatable bonds is 5. The van der Waals surface area contributed by atoms with Crippen molar-refractivity contribution in [3.63, 3.8) is 0 Å². The van der Waals surface area contributed by atoms with Crippen molar-refractivity contribution in [2.75, 3.05) is 5.32 Å². The van der Waals surface area contributed by atoms with Crippen LogP contribution in [0.25, 0.3) is 0 Å². The fourth-order valence-corrected chi connectivity index (χ4v) is 2.42. The first-order valence-electron chi connectivity index (χ1n) is 6.45. The van der Waals surface area contributed by atoms with E-state index in [1.807, 2.05) is 6.92 Å². The summed E-state index contributed by atoms with van der Waals surface area (Å²) in [5, 5.41) is 18.8. The number of nitrogens with one attached hydrogen (secondary N) is 1. The first-order chi connectivity index (χ1) is 8.47. The molecule has 1 fully saturated rings. The molecule has 0 aliphatic heterocycles. The van der Waals surface area contributed by atoms with Crippen LogP contribution < -0.4 is 5.32 Å². The van der Waals surface area contributed by atoms with E-state index in [1.165, 1.54) is 6.42 Å². The normalized spacial score (nSPS) is 17.3. The van der Waals surface area contributed by atoms with Gasteiger partial charge in [0.1, 0.15) is 5.69 Å². The van der Waals surface area contributed by atoms with Gasteiger partial charge in [0.05, 0.1) is 4.92 Å². The summed E-state index contributed by atoms with van der Waals surface area (Å²) < 4.78 is 1.60. The van der Waals surface area contributed by atoms with Crippen LogP contribution >= 0.6 is 0 Å². The van der Waals surface area contributed by atoms with Gasteiger partial charge in [-0.25, -0.2) is 4.68 Å². The van der Waals surface area contributed by atoms with Crippen LogP contribution in [-0.4, -0.2) is 20.2 Å². The first-order valence-corrected chi connectivity index (χ1v) is 6.45. The lowest BCUT2D eigenvalue weighted by Gasteiger charge is -2.39. The molecule has 0 unspecified atom stereocenters. The minimum absolute atomic E-state index is 0.0119. The predicted octanol–water partition coefficient (Wildman–Crippen LogP) is 2.64. The highest BCUT2D eigenvalue weighted by atomic mass is 16.6. The molecule has 1 aromatic rings. The van der Waals surface area contributed by atoms with Crippen LogP contribution in [0.15, 0.2) is 0 Å². The topological polar surface area (TPSA) is 73.0 Å². The summed E-state index contributed by atoms with van der Waals surface area (Å²) >= 11 is 0. The fourth-order valence-electron chi connectivity index (χ4n) is 2.42. The van der Waals surface area contributed by atoms with E-state index in [4.69, 9.17) is 0 Å². The molecule has 18 heavy (non-hydrogen) atoms. The molecular weight excluding hydrogens is 232 g/mol. The van der Waals surface area contributed by atoms with E-state index in [2.05, 4.69) is 17.3 Å². The van der Waals surface area contributed by atoms with Crippen LogP contribution in [0.5, 0.6) is 0 Å². The summed E-state index contributed by atoms with van der Waals surface area (Å²) in [6.07, 6.45) is 4.78. The molecule has 1 aliphatic rings. The van der Waals surface area contributed by atoms with Crippen molar-refractivity contribution in [1.82, 2.24) is 9.78 Å². The molecule has 0 saturated heterocycles. The number of hydrogen-bond donors (Lipinski definition) is 1. The predicted molar refractivity (Wildman–Crippen MR) is 69.7 cm³/mol. The fraction of sp³-hybridized carbons (Fsp3) is 0.750. The average Bonchev–Trinajstić information content (AvgIpc) is 2.54. The molecule has 0 atom stereocenters. The molecule has 2 rings (SSSR count). The Kier molecular flexibility index (Phi) is 3.28. The van der Waals surface area contributed by atoms with Crippen molar-refractivity contribution in [2.24, 2.45) is 7.05 Å². The Morgan fingerprint density at radius 2 is 2.22 bits per heavy atom. The maximum atomic E-state index is 11.2. The van der Waals surface area contributed by atoms with E-state index in [1.54, 1.807) is 11.7 Å². The Labute approximate surface area is 107 Å². The van der Waals surface area contributed by atoms with Gasteiger partial charge in [-0.2, -0.15) is 5.10 Å². The van der Waals surface area contributed by atoms with Crippen LogP contribution in [0.4, 0.5) is 11.5 Å². The lowest BCUT2D eigenvalue weighted by molar-refractivity contribution is -0.384. The summed E-state index contributed by atoms with van der Waals surface area (Å²) in [4.78, 5) is 10.9. The monoisotopic (exact) mass is 252 g/mol. The zero-order valence-corrected chi connectivity index (χ0v) is 11.2. The molecular formula is C12H20N4O2. The Balaban J connectivity index is 2.35. The molecule has 100 valence electrons. The summed E-state index contributed by atoms with van der Waals surface area (Å²) in [5.74, 6) is 0.547. The van der Waals surface area contributed by atoms with E-state index in [0.717, 1.165) is 19.3 Å². The number of anilines is 1. The minimum Gasteiger partial charge on any atom is -0.359 e. The molecule has 6 nitrogen and oxygen atoms in total. The van der Waals surface area contributed by atoms with Gasteiger partial charge >= 0.3 is 5.69 Å². The van der Waals surface area contributed by atoms with Crippen LogP contribution in [0, 0.1) is 10.1 Å². The third-order valence-corrected chi connectivity index (χ3v) is 3.64. The Hall–Kier alpha value is -1.59. The van der Waals surface area contributed by atoms with Crippen LogP contribution in [0.3, 0.4) is 0 Å². The van der Waals surface area contributed by atoms with Crippen molar-refractivity contribution in [2.45, 2.75) is 51.5 Å². The van der Waals surface area contributed by atoms with E-state index in [0.29, 0.717) is 17.9 Å². The summed E-state index contributed by atoms with van der Waals surface area (Å²) in [5.41, 5.74) is 0.713. The Bertz CT molecular complexity index is 463. The first kappa shape index (κ1) is 12.9. The van der Waals surface area contributed by atoms with Crippen molar-refractivity contribution in [3.8, 4) is 0 Å². The van der Waals surface area contributed by atoms with Crippen LogP contribution in [-0.2, 0) is 13.5 Å². The highest BCUT2D eigenvalue weighted by Gasteiger charge is 2.36. The molecule has 0 spiro atoms. The quantitative estimate of drug-likeness (QED) is 0.645. The standard InChI is InChI=1S/C12H20N4O2/c1-4-6-9-10(16(17)18)11(15(3)14-9)13-12(2)7-5-8-12/h13H,4-8H2,1-3H3. The number of aryl methyl sites for hydroxylation is 2. The maximum absolute atomic E-state index is 11.2. The van der Waals surface area contributed by atoms with Gasteiger partial charge in [0, 0.05) is 12.6 Å². The van der Waals surface area contributed by atoms with Gasteiger partial charge in [-0.1, -0.05) is 13.3 Å². The maximum Gasteiger partial charge on any atom is 0.334 e. The van der Waals surface area contributed by atoms with Gasteiger partial charge in [0.15, 0.2) is 0 Å². The molecule has 0 bridgehead atoms. The van der Waals surface area contributed by atoms with E-state index >= 15 is 0 Å². The molecule has 1 heterocycles.